The Kier molecular flexibility index (Phi) is 4.56. The van der Waals surface area contributed by atoms with Crippen molar-refractivity contribution in [3.8, 4) is 0 Å². The van der Waals surface area contributed by atoms with Crippen molar-refractivity contribution in [2.24, 2.45) is 0 Å². The van der Waals surface area contributed by atoms with E-state index in [4.69, 9.17) is 11.6 Å². The number of amides is 1. The average Bonchev–Trinajstić information content (AvgIpc) is 2.55. The molecule has 0 fully saturated rings. The second-order valence-corrected chi connectivity index (χ2v) is 6.93. The van der Waals surface area contributed by atoms with Gasteiger partial charge in [-0.15, -0.1) is 0 Å². The van der Waals surface area contributed by atoms with Crippen LogP contribution in [0, 0.1) is 5.82 Å². The third-order valence-corrected chi connectivity index (χ3v) is 4.40. The Morgan fingerprint density at radius 3 is 2.44 bits per heavy atom. The van der Waals surface area contributed by atoms with Gasteiger partial charge in [0.05, 0.1) is 11.2 Å². The molecule has 2 aromatic carbocycles. The van der Waals surface area contributed by atoms with Crippen LogP contribution >= 0.6 is 11.6 Å². The second-order valence-electron chi connectivity index (χ2n) is 5.08. The van der Waals surface area contributed by atoms with Crippen LogP contribution in [0.1, 0.15) is 10.5 Å². The highest BCUT2D eigenvalue weighted by molar-refractivity contribution is 7.91. The topological polar surface area (TPSA) is 88.2 Å². The molecule has 1 heterocycles. The lowest BCUT2D eigenvalue weighted by molar-refractivity contribution is 0.0977. The van der Waals surface area contributed by atoms with Gasteiger partial charge in [0, 0.05) is 10.4 Å². The maximum Gasteiger partial charge on any atom is 0.324 e. The minimum atomic E-state index is -4.19. The molecule has 25 heavy (non-hydrogen) atoms. The molecule has 1 amide bonds. The fourth-order valence-electron chi connectivity index (χ4n) is 2.09. The SMILES string of the molecule is O=C(NS(=O)(=O)Nc1ccc(F)cc1)c1ccc2ccc(Cl)cc2n1. The molecule has 6 nitrogen and oxygen atoms in total. The number of aromatic nitrogens is 1. The number of halogens is 2. The number of anilines is 1. The van der Waals surface area contributed by atoms with Crippen LogP contribution in [0.25, 0.3) is 10.9 Å². The molecule has 3 aromatic rings. The summed E-state index contributed by atoms with van der Waals surface area (Å²) < 4.78 is 40.8. The smallest absolute Gasteiger partial charge is 0.267 e. The van der Waals surface area contributed by atoms with Gasteiger partial charge in [0.1, 0.15) is 11.5 Å². The first kappa shape index (κ1) is 17.1. The maximum absolute atomic E-state index is 12.8. The highest BCUT2D eigenvalue weighted by Gasteiger charge is 2.17. The lowest BCUT2D eigenvalue weighted by Crippen LogP contribution is -2.35. The van der Waals surface area contributed by atoms with Gasteiger partial charge in [-0.1, -0.05) is 23.7 Å². The summed E-state index contributed by atoms with van der Waals surface area (Å²) in [5.74, 6) is -1.41. The predicted molar refractivity (Wildman–Crippen MR) is 93.2 cm³/mol. The van der Waals surface area contributed by atoms with Gasteiger partial charge in [-0.05, 0) is 42.5 Å². The number of nitrogens with zero attached hydrogens (tertiary/aromatic N) is 1. The molecular weight excluding hydrogens is 369 g/mol. The van der Waals surface area contributed by atoms with Crippen molar-refractivity contribution in [1.82, 2.24) is 9.71 Å². The van der Waals surface area contributed by atoms with Crippen molar-refractivity contribution in [2.75, 3.05) is 4.72 Å². The van der Waals surface area contributed by atoms with Gasteiger partial charge < -0.3 is 0 Å². The van der Waals surface area contributed by atoms with Gasteiger partial charge in [0.2, 0.25) is 0 Å². The minimum absolute atomic E-state index is 0.0840. The van der Waals surface area contributed by atoms with Gasteiger partial charge in [-0.25, -0.2) is 14.1 Å². The highest BCUT2D eigenvalue weighted by Crippen LogP contribution is 2.18. The zero-order valence-corrected chi connectivity index (χ0v) is 14.1. The Hall–Kier alpha value is -2.71. The van der Waals surface area contributed by atoms with Crippen molar-refractivity contribution in [3.05, 3.63) is 71.1 Å². The number of fused-ring (bicyclic) bond motifs is 1. The molecule has 0 atom stereocenters. The summed E-state index contributed by atoms with van der Waals surface area (Å²) in [7, 11) is -4.19. The van der Waals surface area contributed by atoms with Crippen LogP contribution < -0.4 is 9.44 Å². The van der Waals surface area contributed by atoms with E-state index >= 15 is 0 Å². The Labute approximate surface area is 147 Å². The van der Waals surface area contributed by atoms with Gasteiger partial charge in [-0.3, -0.25) is 9.52 Å². The van der Waals surface area contributed by atoms with Gasteiger partial charge in [0.25, 0.3) is 5.91 Å². The monoisotopic (exact) mass is 379 g/mol. The van der Waals surface area contributed by atoms with E-state index in [2.05, 4.69) is 9.71 Å². The standard InChI is InChI=1S/C16H11ClFN3O3S/c17-11-3-1-10-2-8-14(19-15(10)9-11)16(22)21-25(23,24)20-13-6-4-12(18)5-7-13/h1-9,20H,(H,21,22). The van der Waals surface area contributed by atoms with Crippen LogP contribution in [-0.2, 0) is 10.2 Å². The molecule has 0 saturated heterocycles. The van der Waals surface area contributed by atoms with E-state index in [1.165, 1.54) is 18.2 Å². The minimum Gasteiger partial charge on any atom is -0.267 e. The Balaban J connectivity index is 1.79. The maximum atomic E-state index is 12.8. The number of nitrogens with one attached hydrogen (secondary N) is 2. The van der Waals surface area contributed by atoms with E-state index in [1.54, 1.807) is 24.3 Å². The fraction of sp³-hybridized carbons (Fsp3) is 0. The van der Waals surface area contributed by atoms with Crippen LogP contribution in [0.3, 0.4) is 0 Å². The third kappa shape index (κ3) is 4.23. The first-order chi connectivity index (χ1) is 11.8. The van der Waals surface area contributed by atoms with Gasteiger partial charge in [0.15, 0.2) is 0 Å². The summed E-state index contributed by atoms with van der Waals surface area (Å²) in [6.45, 7) is 0. The summed E-state index contributed by atoms with van der Waals surface area (Å²) in [6, 6.07) is 12.7. The number of carbonyl (C=O) groups is 1. The number of hydrogen-bond donors (Lipinski definition) is 2. The molecule has 2 N–H and O–H groups in total. The lowest BCUT2D eigenvalue weighted by Gasteiger charge is -2.09. The van der Waals surface area contributed by atoms with Crippen LogP contribution in [0.2, 0.25) is 5.02 Å². The van der Waals surface area contributed by atoms with E-state index < -0.39 is 21.9 Å². The molecule has 0 aliphatic rings. The highest BCUT2D eigenvalue weighted by atomic mass is 35.5. The summed E-state index contributed by atoms with van der Waals surface area (Å²) in [6.07, 6.45) is 0. The molecule has 0 unspecified atom stereocenters. The molecule has 3 rings (SSSR count). The van der Waals surface area contributed by atoms with Crippen molar-refractivity contribution in [3.63, 3.8) is 0 Å². The Bertz CT molecular complexity index is 1060. The van der Waals surface area contributed by atoms with E-state index in [0.29, 0.717) is 10.5 Å². The van der Waals surface area contributed by atoms with Crippen molar-refractivity contribution in [2.45, 2.75) is 0 Å². The Morgan fingerprint density at radius 2 is 1.72 bits per heavy atom. The normalized spacial score (nSPS) is 11.3. The summed E-state index contributed by atoms with van der Waals surface area (Å²) in [5.41, 5.74) is 0.489. The molecule has 128 valence electrons. The first-order valence-corrected chi connectivity index (χ1v) is 8.85. The van der Waals surface area contributed by atoms with Gasteiger partial charge in [-0.2, -0.15) is 8.42 Å². The summed E-state index contributed by atoms with van der Waals surface area (Å²) in [4.78, 5) is 16.2. The predicted octanol–water partition coefficient (Wildman–Crippen LogP) is 3.11. The lowest BCUT2D eigenvalue weighted by atomic mass is 10.2. The quantitative estimate of drug-likeness (QED) is 0.729. The second kappa shape index (κ2) is 6.66. The number of hydrogen-bond acceptors (Lipinski definition) is 4. The first-order valence-electron chi connectivity index (χ1n) is 6.99. The summed E-state index contributed by atoms with van der Waals surface area (Å²) >= 11 is 5.89. The van der Waals surface area contributed by atoms with E-state index in [1.807, 2.05) is 4.72 Å². The molecule has 1 aromatic heterocycles. The van der Waals surface area contributed by atoms with Crippen LogP contribution in [0.5, 0.6) is 0 Å². The molecule has 0 saturated carbocycles. The number of carbonyl (C=O) groups excluding carboxylic acids is 1. The number of pyridine rings is 1. The van der Waals surface area contributed by atoms with Crippen LogP contribution in [0.4, 0.5) is 10.1 Å². The van der Waals surface area contributed by atoms with Gasteiger partial charge >= 0.3 is 10.2 Å². The fourth-order valence-corrected chi connectivity index (χ4v) is 3.10. The molecule has 0 aliphatic heterocycles. The van der Waals surface area contributed by atoms with E-state index in [0.717, 1.165) is 17.5 Å². The molecule has 0 radical (unpaired) electrons. The van der Waals surface area contributed by atoms with E-state index in [-0.39, 0.29) is 11.4 Å². The average molecular weight is 380 g/mol. The summed E-state index contributed by atoms with van der Waals surface area (Å²) in [5, 5.41) is 1.21. The van der Waals surface area contributed by atoms with E-state index in [9.17, 15) is 17.6 Å². The van der Waals surface area contributed by atoms with Crippen LogP contribution in [0.15, 0.2) is 54.6 Å². The van der Waals surface area contributed by atoms with Crippen LogP contribution in [-0.4, -0.2) is 19.3 Å². The largest absolute Gasteiger partial charge is 0.324 e. The van der Waals surface area contributed by atoms with Crippen molar-refractivity contribution >= 4 is 44.3 Å². The number of rotatable bonds is 4. The molecule has 0 aliphatic carbocycles. The molecule has 0 bridgehead atoms. The zero-order valence-electron chi connectivity index (χ0n) is 12.5. The zero-order chi connectivity index (χ0) is 18.0. The Morgan fingerprint density at radius 1 is 1.04 bits per heavy atom. The van der Waals surface area contributed by atoms with Crippen molar-refractivity contribution in [1.29, 1.82) is 0 Å². The molecular formula is C16H11ClFN3O3S. The molecule has 0 spiro atoms. The third-order valence-electron chi connectivity index (χ3n) is 3.21. The number of benzene rings is 2. The molecule has 9 heteroatoms. The van der Waals surface area contributed by atoms with Crippen molar-refractivity contribution < 1.29 is 17.6 Å².